The first-order chi connectivity index (χ1) is 15.9. The Hall–Kier alpha value is -4.20. The predicted molar refractivity (Wildman–Crippen MR) is 117 cm³/mol. The number of carbonyl (C=O) groups is 2. The van der Waals surface area contributed by atoms with E-state index in [0.29, 0.717) is 5.75 Å². The van der Waals surface area contributed by atoms with E-state index in [2.05, 4.69) is 0 Å². The Balaban J connectivity index is 2.01. The summed E-state index contributed by atoms with van der Waals surface area (Å²) >= 11 is 0. The van der Waals surface area contributed by atoms with Gasteiger partial charge in [0.05, 0.1) is 31.4 Å². The molecule has 0 bridgehead atoms. The Morgan fingerprint density at radius 3 is 2.39 bits per heavy atom. The first kappa shape index (κ1) is 22.0. The van der Waals surface area contributed by atoms with Crippen molar-refractivity contribution in [2.75, 3.05) is 19.1 Å². The van der Waals surface area contributed by atoms with Crippen LogP contribution in [0.4, 0.5) is 14.5 Å². The molecule has 0 saturated carbocycles. The van der Waals surface area contributed by atoms with Crippen molar-refractivity contribution in [3.8, 4) is 11.5 Å². The highest BCUT2D eigenvalue weighted by Crippen LogP contribution is 2.44. The van der Waals surface area contributed by atoms with E-state index in [0.717, 1.165) is 17.0 Å². The standard InChI is InChI=1S/C25H19F2NO5/c1-32-16-7-5-6-15(13-16)28-22(17-8-3-4-9-19(17)27)21(24(30)25(28)31)23(29)18-12-14(26)10-11-20(18)33-2/h3-13,22,29H,1-2H3/b23-21+. The maximum atomic E-state index is 14.9. The van der Waals surface area contributed by atoms with Gasteiger partial charge in [0, 0.05) is 17.3 Å². The average molecular weight is 451 g/mol. The van der Waals surface area contributed by atoms with Gasteiger partial charge in [-0.25, -0.2) is 8.78 Å². The summed E-state index contributed by atoms with van der Waals surface area (Å²) < 4.78 is 39.3. The van der Waals surface area contributed by atoms with Gasteiger partial charge in [0.15, 0.2) is 0 Å². The zero-order valence-corrected chi connectivity index (χ0v) is 17.7. The lowest BCUT2D eigenvalue weighted by atomic mass is 9.94. The van der Waals surface area contributed by atoms with E-state index in [1.165, 1.54) is 44.6 Å². The summed E-state index contributed by atoms with van der Waals surface area (Å²) in [5, 5.41) is 11.1. The molecule has 0 spiro atoms. The van der Waals surface area contributed by atoms with Gasteiger partial charge in [-0.2, -0.15) is 0 Å². The van der Waals surface area contributed by atoms with E-state index in [1.54, 1.807) is 24.3 Å². The normalized spacial score (nSPS) is 17.3. The molecule has 1 fully saturated rings. The summed E-state index contributed by atoms with van der Waals surface area (Å²) in [4.78, 5) is 27.4. The Morgan fingerprint density at radius 2 is 1.70 bits per heavy atom. The molecule has 4 rings (SSSR count). The molecule has 1 unspecified atom stereocenters. The van der Waals surface area contributed by atoms with Crippen LogP contribution < -0.4 is 14.4 Å². The number of anilines is 1. The van der Waals surface area contributed by atoms with Gasteiger partial charge in [-0.05, 0) is 36.4 Å². The molecule has 168 valence electrons. The Kier molecular flexibility index (Phi) is 5.83. The highest BCUT2D eigenvalue weighted by Gasteiger charge is 2.48. The highest BCUT2D eigenvalue weighted by atomic mass is 19.1. The lowest BCUT2D eigenvalue weighted by Gasteiger charge is -2.26. The van der Waals surface area contributed by atoms with Crippen LogP contribution in [0.25, 0.3) is 5.76 Å². The number of Topliss-reactive ketones (excluding diaryl/α,β-unsaturated/α-hetero) is 1. The van der Waals surface area contributed by atoms with Crippen molar-refractivity contribution in [2.45, 2.75) is 6.04 Å². The Bertz CT molecular complexity index is 1290. The molecule has 1 aliphatic rings. The first-order valence-electron chi connectivity index (χ1n) is 9.90. The minimum Gasteiger partial charge on any atom is -0.507 e. The average Bonchev–Trinajstić information content (AvgIpc) is 3.09. The first-order valence-corrected chi connectivity index (χ1v) is 9.90. The van der Waals surface area contributed by atoms with Gasteiger partial charge in [-0.3, -0.25) is 14.5 Å². The van der Waals surface area contributed by atoms with Crippen molar-refractivity contribution < 1.29 is 33.0 Å². The molecule has 1 heterocycles. The van der Waals surface area contributed by atoms with Crippen molar-refractivity contribution in [1.82, 2.24) is 0 Å². The highest BCUT2D eigenvalue weighted by molar-refractivity contribution is 6.51. The molecule has 1 amide bonds. The number of carbonyl (C=O) groups excluding carboxylic acids is 2. The van der Waals surface area contributed by atoms with Crippen molar-refractivity contribution in [2.24, 2.45) is 0 Å². The minimum atomic E-state index is -1.31. The largest absolute Gasteiger partial charge is 0.507 e. The smallest absolute Gasteiger partial charge is 0.300 e. The van der Waals surface area contributed by atoms with Crippen LogP contribution >= 0.6 is 0 Å². The summed E-state index contributed by atoms with van der Waals surface area (Å²) in [7, 11) is 2.75. The quantitative estimate of drug-likeness (QED) is 0.348. The van der Waals surface area contributed by atoms with Crippen LogP contribution in [0.2, 0.25) is 0 Å². The van der Waals surface area contributed by atoms with E-state index in [-0.39, 0.29) is 22.6 Å². The summed E-state index contributed by atoms with van der Waals surface area (Å²) in [5.41, 5.74) is -0.286. The lowest BCUT2D eigenvalue weighted by Crippen LogP contribution is -2.29. The number of ketones is 1. The third-order valence-electron chi connectivity index (χ3n) is 5.39. The second kappa shape index (κ2) is 8.74. The molecule has 1 atom stereocenters. The monoisotopic (exact) mass is 451 g/mol. The molecule has 6 nitrogen and oxygen atoms in total. The molecule has 0 aliphatic carbocycles. The number of hydrogen-bond donors (Lipinski definition) is 1. The third kappa shape index (κ3) is 3.80. The fourth-order valence-corrected chi connectivity index (χ4v) is 3.86. The van der Waals surface area contributed by atoms with Crippen LogP contribution in [0.5, 0.6) is 11.5 Å². The number of benzene rings is 3. The Labute approximate surface area is 188 Å². The third-order valence-corrected chi connectivity index (χ3v) is 5.39. The number of rotatable bonds is 5. The van der Waals surface area contributed by atoms with Gasteiger partial charge in [-0.15, -0.1) is 0 Å². The second-order valence-electron chi connectivity index (χ2n) is 7.24. The topological polar surface area (TPSA) is 76.1 Å². The summed E-state index contributed by atoms with van der Waals surface area (Å²) in [6, 6.07) is 14.0. The molecule has 8 heteroatoms. The predicted octanol–water partition coefficient (Wildman–Crippen LogP) is 4.61. The van der Waals surface area contributed by atoms with Gasteiger partial charge >= 0.3 is 0 Å². The zero-order chi connectivity index (χ0) is 23.7. The van der Waals surface area contributed by atoms with Crippen LogP contribution in [0.3, 0.4) is 0 Å². The van der Waals surface area contributed by atoms with Crippen LogP contribution in [-0.4, -0.2) is 31.0 Å². The molecule has 1 N–H and O–H groups in total. The number of methoxy groups -OCH3 is 2. The summed E-state index contributed by atoms with van der Waals surface area (Å²) in [5.74, 6) is -3.59. The maximum absolute atomic E-state index is 14.9. The van der Waals surface area contributed by atoms with E-state index in [9.17, 15) is 23.5 Å². The van der Waals surface area contributed by atoms with Crippen molar-refractivity contribution in [1.29, 1.82) is 0 Å². The molecular formula is C25H19F2NO5. The molecule has 3 aromatic rings. The van der Waals surface area contributed by atoms with Gasteiger partial charge in [-0.1, -0.05) is 24.3 Å². The van der Waals surface area contributed by atoms with Crippen molar-refractivity contribution >= 4 is 23.1 Å². The van der Waals surface area contributed by atoms with E-state index < -0.39 is 40.7 Å². The number of aliphatic hydroxyl groups excluding tert-OH is 1. The molecule has 1 saturated heterocycles. The fraction of sp³-hybridized carbons (Fsp3) is 0.120. The van der Waals surface area contributed by atoms with Gasteiger partial charge in [0.2, 0.25) is 0 Å². The fourth-order valence-electron chi connectivity index (χ4n) is 3.86. The van der Waals surface area contributed by atoms with Crippen molar-refractivity contribution in [3.05, 3.63) is 95.1 Å². The number of amides is 1. The van der Waals surface area contributed by atoms with Crippen LogP contribution in [0.15, 0.2) is 72.3 Å². The number of ether oxygens (including phenoxy) is 2. The molecule has 33 heavy (non-hydrogen) atoms. The van der Waals surface area contributed by atoms with Crippen LogP contribution in [0, 0.1) is 11.6 Å². The van der Waals surface area contributed by atoms with Crippen LogP contribution in [-0.2, 0) is 9.59 Å². The van der Waals surface area contributed by atoms with E-state index in [1.807, 2.05) is 0 Å². The Morgan fingerprint density at radius 1 is 0.939 bits per heavy atom. The molecule has 0 radical (unpaired) electrons. The molecule has 0 aromatic heterocycles. The zero-order valence-electron chi connectivity index (χ0n) is 17.7. The molecule has 3 aromatic carbocycles. The summed E-state index contributed by atoms with van der Waals surface area (Å²) in [6.07, 6.45) is 0. The van der Waals surface area contributed by atoms with Gasteiger partial charge in [0.1, 0.15) is 28.9 Å². The van der Waals surface area contributed by atoms with E-state index >= 15 is 0 Å². The minimum absolute atomic E-state index is 0.0172. The van der Waals surface area contributed by atoms with Crippen molar-refractivity contribution in [3.63, 3.8) is 0 Å². The van der Waals surface area contributed by atoms with Gasteiger partial charge in [0.25, 0.3) is 11.7 Å². The molecular weight excluding hydrogens is 432 g/mol. The molecule has 1 aliphatic heterocycles. The number of hydrogen-bond acceptors (Lipinski definition) is 5. The number of aliphatic hydroxyl groups is 1. The number of halogens is 2. The SMILES string of the molecule is COc1cccc(N2C(=O)C(=O)/C(=C(/O)c3cc(F)ccc3OC)C2c2ccccc2F)c1. The second-order valence-corrected chi connectivity index (χ2v) is 7.24. The van der Waals surface area contributed by atoms with E-state index in [4.69, 9.17) is 9.47 Å². The lowest BCUT2D eigenvalue weighted by molar-refractivity contribution is -0.132. The maximum Gasteiger partial charge on any atom is 0.300 e. The number of nitrogens with zero attached hydrogens (tertiary/aromatic N) is 1. The van der Waals surface area contributed by atoms with Gasteiger partial charge < -0.3 is 14.6 Å². The van der Waals surface area contributed by atoms with Crippen LogP contribution in [0.1, 0.15) is 17.2 Å². The summed E-state index contributed by atoms with van der Waals surface area (Å²) in [6.45, 7) is 0.